The summed E-state index contributed by atoms with van der Waals surface area (Å²) in [7, 11) is 0. The Labute approximate surface area is 140 Å². The van der Waals surface area contributed by atoms with E-state index in [-0.39, 0.29) is 5.82 Å². The summed E-state index contributed by atoms with van der Waals surface area (Å²) in [5.41, 5.74) is 0.734. The van der Waals surface area contributed by atoms with Crippen LogP contribution in [0.1, 0.15) is 32.8 Å². The van der Waals surface area contributed by atoms with Crippen LogP contribution in [0.5, 0.6) is 0 Å². The van der Waals surface area contributed by atoms with E-state index in [2.05, 4.69) is 34.4 Å². The quantitative estimate of drug-likeness (QED) is 0.395. The Morgan fingerprint density at radius 2 is 1.87 bits per heavy atom. The molecular formula is C18H31FN4. The van der Waals surface area contributed by atoms with Gasteiger partial charge in [0.15, 0.2) is 5.96 Å². The fourth-order valence-electron chi connectivity index (χ4n) is 2.38. The van der Waals surface area contributed by atoms with Crippen LogP contribution in [0.15, 0.2) is 29.3 Å². The molecule has 0 aliphatic carbocycles. The summed E-state index contributed by atoms with van der Waals surface area (Å²) in [6.07, 6.45) is 1.70. The lowest BCUT2D eigenvalue weighted by Crippen LogP contribution is -2.38. The standard InChI is InChI=1S/C18H31FN4/c1-4-20-18(21-13-9-15-23(5-2)6-3)22-14-12-16-10-7-8-11-17(16)19/h7-8,10-11H,4-6,9,12-15H2,1-3H3,(H2,20,21,22). The third kappa shape index (κ3) is 7.98. The lowest BCUT2D eigenvalue weighted by atomic mass is 10.1. The molecule has 0 atom stereocenters. The largest absolute Gasteiger partial charge is 0.357 e. The van der Waals surface area contributed by atoms with E-state index in [0.717, 1.165) is 50.7 Å². The molecule has 0 aliphatic rings. The van der Waals surface area contributed by atoms with Gasteiger partial charge in [-0.25, -0.2) is 4.39 Å². The van der Waals surface area contributed by atoms with Crippen molar-refractivity contribution in [3.8, 4) is 0 Å². The Bertz CT molecular complexity index is 458. The van der Waals surface area contributed by atoms with E-state index >= 15 is 0 Å². The highest BCUT2D eigenvalue weighted by Crippen LogP contribution is 2.06. The van der Waals surface area contributed by atoms with Crippen LogP contribution >= 0.6 is 0 Å². The first-order valence-corrected chi connectivity index (χ1v) is 8.69. The van der Waals surface area contributed by atoms with Crippen molar-refractivity contribution in [2.24, 2.45) is 4.99 Å². The van der Waals surface area contributed by atoms with Gasteiger partial charge in [-0.05, 0) is 51.0 Å². The molecule has 1 aromatic carbocycles. The minimum Gasteiger partial charge on any atom is -0.357 e. The molecule has 0 spiro atoms. The second-order valence-corrected chi connectivity index (χ2v) is 5.41. The normalized spacial score (nSPS) is 11.8. The predicted molar refractivity (Wildman–Crippen MR) is 96.5 cm³/mol. The van der Waals surface area contributed by atoms with Crippen molar-refractivity contribution < 1.29 is 4.39 Å². The highest BCUT2D eigenvalue weighted by molar-refractivity contribution is 5.79. The van der Waals surface area contributed by atoms with Gasteiger partial charge in [-0.1, -0.05) is 32.0 Å². The molecule has 0 aromatic heterocycles. The van der Waals surface area contributed by atoms with Gasteiger partial charge in [0.25, 0.3) is 0 Å². The van der Waals surface area contributed by atoms with Crippen LogP contribution in [0.4, 0.5) is 4.39 Å². The number of hydrogen-bond acceptors (Lipinski definition) is 2. The fourth-order valence-corrected chi connectivity index (χ4v) is 2.38. The molecule has 2 N–H and O–H groups in total. The van der Waals surface area contributed by atoms with Gasteiger partial charge < -0.3 is 15.5 Å². The molecular weight excluding hydrogens is 291 g/mol. The minimum atomic E-state index is -0.143. The monoisotopic (exact) mass is 322 g/mol. The number of guanidine groups is 1. The molecule has 0 aliphatic heterocycles. The second-order valence-electron chi connectivity index (χ2n) is 5.41. The summed E-state index contributed by atoms with van der Waals surface area (Å²) < 4.78 is 13.6. The van der Waals surface area contributed by atoms with Gasteiger partial charge in [0.1, 0.15) is 5.82 Å². The third-order valence-corrected chi connectivity index (χ3v) is 3.79. The predicted octanol–water partition coefficient (Wildman–Crippen LogP) is 2.66. The summed E-state index contributed by atoms with van der Waals surface area (Å²) in [5.74, 6) is 0.666. The van der Waals surface area contributed by atoms with Crippen LogP contribution in [0, 0.1) is 5.82 Å². The van der Waals surface area contributed by atoms with Crippen molar-refractivity contribution in [3.63, 3.8) is 0 Å². The number of benzene rings is 1. The van der Waals surface area contributed by atoms with E-state index in [0.29, 0.717) is 13.0 Å². The first kappa shape index (κ1) is 19.4. The molecule has 5 heteroatoms. The zero-order chi connectivity index (χ0) is 16.9. The molecule has 0 radical (unpaired) electrons. The molecule has 1 rings (SSSR count). The summed E-state index contributed by atoms with van der Waals surface area (Å²) >= 11 is 0. The molecule has 130 valence electrons. The lowest BCUT2D eigenvalue weighted by molar-refractivity contribution is 0.302. The van der Waals surface area contributed by atoms with Gasteiger partial charge in [0.05, 0.1) is 0 Å². The number of rotatable bonds is 10. The molecule has 0 heterocycles. The average molecular weight is 322 g/mol. The Balaban J connectivity index is 2.36. The lowest BCUT2D eigenvalue weighted by Gasteiger charge is -2.17. The van der Waals surface area contributed by atoms with Crippen molar-refractivity contribution in [3.05, 3.63) is 35.6 Å². The molecule has 0 unspecified atom stereocenters. The maximum atomic E-state index is 13.6. The molecule has 1 aromatic rings. The molecule has 0 amide bonds. The molecule has 0 bridgehead atoms. The minimum absolute atomic E-state index is 0.143. The van der Waals surface area contributed by atoms with Crippen molar-refractivity contribution in [2.45, 2.75) is 33.6 Å². The Kier molecular flexibility index (Phi) is 10.0. The molecule has 0 saturated carbocycles. The highest BCUT2D eigenvalue weighted by atomic mass is 19.1. The zero-order valence-corrected chi connectivity index (χ0v) is 14.7. The van der Waals surface area contributed by atoms with Crippen molar-refractivity contribution >= 4 is 5.96 Å². The number of nitrogens with one attached hydrogen (secondary N) is 2. The van der Waals surface area contributed by atoms with Crippen molar-refractivity contribution in [1.82, 2.24) is 15.5 Å². The molecule has 0 saturated heterocycles. The van der Waals surface area contributed by atoms with Crippen LogP contribution in [0.2, 0.25) is 0 Å². The summed E-state index contributed by atoms with van der Waals surface area (Å²) in [4.78, 5) is 6.98. The first-order valence-electron chi connectivity index (χ1n) is 8.69. The van der Waals surface area contributed by atoms with Crippen LogP contribution in [0.25, 0.3) is 0 Å². The molecule has 4 nitrogen and oxygen atoms in total. The second kappa shape index (κ2) is 11.9. The van der Waals surface area contributed by atoms with Gasteiger partial charge in [-0.2, -0.15) is 0 Å². The van der Waals surface area contributed by atoms with E-state index in [1.807, 2.05) is 19.1 Å². The van der Waals surface area contributed by atoms with E-state index in [9.17, 15) is 4.39 Å². The van der Waals surface area contributed by atoms with E-state index in [1.165, 1.54) is 6.07 Å². The number of aliphatic imine (C=N–C) groups is 1. The van der Waals surface area contributed by atoms with E-state index in [4.69, 9.17) is 0 Å². The van der Waals surface area contributed by atoms with Crippen LogP contribution < -0.4 is 10.6 Å². The van der Waals surface area contributed by atoms with Gasteiger partial charge in [-0.3, -0.25) is 4.99 Å². The maximum Gasteiger partial charge on any atom is 0.191 e. The Morgan fingerprint density at radius 1 is 1.13 bits per heavy atom. The van der Waals surface area contributed by atoms with Crippen LogP contribution in [0.3, 0.4) is 0 Å². The van der Waals surface area contributed by atoms with E-state index in [1.54, 1.807) is 6.07 Å². The Hall–Kier alpha value is -1.62. The zero-order valence-electron chi connectivity index (χ0n) is 14.7. The average Bonchev–Trinajstić information content (AvgIpc) is 2.56. The number of halogens is 1. The Morgan fingerprint density at radius 3 is 2.52 bits per heavy atom. The summed E-state index contributed by atoms with van der Waals surface area (Å²) in [6, 6.07) is 6.91. The van der Waals surface area contributed by atoms with Gasteiger partial charge in [0, 0.05) is 19.6 Å². The third-order valence-electron chi connectivity index (χ3n) is 3.79. The molecule has 23 heavy (non-hydrogen) atoms. The highest BCUT2D eigenvalue weighted by Gasteiger charge is 2.02. The van der Waals surface area contributed by atoms with Crippen molar-refractivity contribution in [2.75, 3.05) is 39.3 Å². The topological polar surface area (TPSA) is 39.7 Å². The fraction of sp³-hybridized carbons (Fsp3) is 0.611. The molecule has 0 fully saturated rings. The first-order chi connectivity index (χ1) is 11.2. The smallest absolute Gasteiger partial charge is 0.191 e. The SMILES string of the molecule is CCNC(=NCCCN(CC)CC)NCCc1ccccc1F. The van der Waals surface area contributed by atoms with E-state index < -0.39 is 0 Å². The maximum absolute atomic E-state index is 13.6. The van der Waals surface area contributed by atoms with Crippen molar-refractivity contribution in [1.29, 1.82) is 0 Å². The van der Waals surface area contributed by atoms with Crippen LogP contribution in [-0.2, 0) is 6.42 Å². The number of hydrogen-bond donors (Lipinski definition) is 2. The number of nitrogens with zero attached hydrogens (tertiary/aromatic N) is 2. The van der Waals surface area contributed by atoms with Gasteiger partial charge in [0.2, 0.25) is 0 Å². The summed E-state index contributed by atoms with van der Waals surface area (Å²) in [5, 5.41) is 6.50. The summed E-state index contributed by atoms with van der Waals surface area (Å²) in [6.45, 7) is 11.9. The van der Waals surface area contributed by atoms with Crippen LogP contribution in [-0.4, -0.2) is 50.1 Å². The van der Waals surface area contributed by atoms with Gasteiger partial charge >= 0.3 is 0 Å². The van der Waals surface area contributed by atoms with Gasteiger partial charge in [-0.15, -0.1) is 0 Å².